The minimum atomic E-state index is -0.119. The Kier molecular flexibility index (Phi) is 5.11. The number of hydrogen-bond donors (Lipinski definition) is 0. The average molecular weight is 386 g/mol. The minimum Gasteiger partial charge on any atom is -0.472 e. The fourth-order valence-electron chi connectivity index (χ4n) is 2.74. The molecule has 1 atom stereocenters. The highest BCUT2D eigenvalue weighted by atomic mass is 79.9. The van der Waals surface area contributed by atoms with Crippen LogP contribution < -0.4 is 4.74 Å². The van der Waals surface area contributed by atoms with E-state index in [1.807, 2.05) is 29.2 Å². The summed E-state index contributed by atoms with van der Waals surface area (Å²) in [6.07, 6.45) is 3.17. The molecule has 0 bridgehead atoms. The zero-order valence-corrected chi connectivity index (χ0v) is 14.6. The van der Waals surface area contributed by atoms with E-state index in [2.05, 4.69) is 27.0 Å². The van der Waals surface area contributed by atoms with Gasteiger partial charge >= 0.3 is 0 Å². The van der Waals surface area contributed by atoms with Crippen LogP contribution in [0.3, 0.4) is 0 Å². The van der Waals surface area contributed by atoms with Gasteiger partial charge in [0.2, 0.25) is 5.88 Å². The molecule has 1 fully saturated rings. The summed E-state index contributed by atoms with van der Waals surface area (Å²) in [4.78, 5) is 18.6. The van der Waals surface area contributed by atoms with E-state index in [0.29, 0.717) is 30.1 Å². The second kappa shape index (κ2) is 7.45. The first-order valence-corrected chi connectivity index (χ1v) is 8.53. The molecule has 2 aromatic rings. The zero-order valence-electron chi connectivity index (χ0n) is 13.0. The number of aromatic nitrogens is 1. The van der Waals surface area contributed by atoms with Crippen LogP contribution in [0.1, 0.15) is 28.8 Å². The summed E-state index contributed by atoms with van der Waals surface area (Å²) >= 11 is 3.43. The first kappa shape index (κ1) is 16.5. The molecule has 1 aromatic heterocycles. The van der Waals surface area contributed by atoms with Crippen molar-refractivity contribution in [1.29, 1.82) is 5.26 Å². The van der Waals surface area contributed by atoms with Gasteiger partial charge in [0.1, 0.15) is 6.10 Å². The third-order valence-corrected chi connectivity index (χ3v) is 4.61. The topological polar surface area (TPSA) is 66.2 Å². The van der Waals surface area contributed by atoms with E-state index in [4.69, 9.17) is 10.00 Å². The van der Waals surface area contributed by atoms with Gasteiger partial charge in [0, 0.05) is 23.3 Å². The summed E-state index contributed by atoms with van der Waals surface area (Å²) < 4.78 is 6.67. The van der Waals surface area contributed by atoms with Crippen molar-refractivity contribution in [2.24, 2.45) is 0 Å². The van der Waals surface area contributed by atoms with E-state index in [-0.39, 0.29) is 12.0 Å². The second-order valence-electron chi connectivity index (χ2n) is 5.61. The van der Waals surface area contributed by atoms with Crippen LogP contribution in [0.25, 0.3) is 0 Å². The number of nitriles is 1. The van der Waals surface area contributed by atoms with Gasteiger partial charge in [-0.15, -0.1) is 0 Å². The van der Waals surface area contributed by atoms with Crippen molar-refractivity contribution in [3.8, 4) is 11.9 Å². The molecule has 122 valence electrons. The number of rotatable bonds is 3. The Morgan fingerprint density at radius 2 is 2.21 bits per heavy atom. The summed E-state index contributed by atoms with van der Waals surface area (Å²) in [6, 6.07) is 12.7. The largest absolute Gasteiger partial charge is 0.472 e. The maximum absolute atomic E-state index is 12.7. The normalized spacial score (nSPS) is 17.2. The smallest absolute Gasteiger partial charge is 0.255 e. The first-order chi connectivity index (χ1) is 11.7. The van der Waals surface area contributed by atoms with Crippen molar-refractivity contribution < 1.29 is 9.53 Å². The molecular formula is C18H16BrN3O2. The summed E-state index contributed by atoms with van der Waals surface area (Å²) in [5.41, 5.74) is 1.17. The summed E-state index contributed by atoms with van der Waals surface area (Å²) in [5, 5.41) is 8.94. The number of pyridine rings is 1. The lowest BCUT2D eigenvalue weighted by Crippen LogP contribution is -2.44. The van der Waals surface area contributed by atoms with Gasteiger partial charge in [-0.2, -0.15) is 5.26 Å². The van der Waals surface area contributed by atoms with Crippen molar-refractivity contribution in [2.75, 3.05) is 13.1 Å². The Hall–Kier alpha value is -2.39. The zero-order chi connectivity index (χ0) is 16.9. The molecule has 6 heteroatoms. The molecular weight excluding hydrogens is 370 g/mol. The molecule has 0 aliphatic carbocycles. The standard InChI is InChI=1S/C18H16BrN3O2/c19-16-6-2-1-5-15(16)18(23)22-9-3-4-14(12-22)24-17-10-13(11-20)7-8-21-17/h1-2,5-8,10,14H,3-4,9,12H2/t14-/m1/s1. The number of benzene rings is 1. The molecule has 0 N–H and O–H groups in total. The Bertz CT molecular complexity index is 788. The van der Waals surface area contributed by atoms with E-state index in [0.717, 1.165) is 17.3 Å². The predicted molar refractivity (Wildman–Crippen MR) is 92.6 cm³/mol. The van der Waals surface area contributed by atoms with Crippen LogP contribution in [0.15, 0.2) is 47.1 Å². The molecule has 3 rings (SSSR count). The lowest BCUT2D eigenvalue weighted by atomic mass is 10.1. The van der Waals surface area contributed by atoms with Gasteiger partial charge in [-0.25, -0.2) is 4.98 Å². The molecule has 0 radical (unpaired) electrons. The summed E-state index contributed by atoms with van der Waals surface area (Å²) in [7, 11) is 0. The predicted octanol–water partition coefficient (Wildman–Crippen LogP) is 3.40. The highest BCUT2D eigenvalue weighted by molar-refractivity contribution is 9.10. The van der Waals surface area contributed by atoms with E-state index >= 15 is 0 Å². The molecule has 1 saturated heterocycles. The molecule has 5 nitrogen and oxygen atoms in total. The van der Waals surface area contributed by atoms with E-state index in [9.17, 15) is 4.79 Å². The van der Waals surface area contributed by atoms with Gasteiger partial charge in [0.15, 0.2) is 0 Å². The van der Waals surface area contributed by atoms with Gasteiger partial charge in [0.05, 0.1) is 23.7 Å². The number of carbonyl (C=O) groups is 1. The summed E-state index contributed by atoms with van der Waals surface area (Å²) in [5.74, 6) is 0.420. The number of hydrogen-bond acceptors (Lipinski definition) is 4. The number of piperidine rings is 1. The number of likely N-dealkylation sites (tertiary alicyclic amines) is 1. The molecule has 1 amide bonds. The summed E-state index contributed by atoms with van der Waals surface area (Å²) in [6.45, 7) is 1.23. The Labute approximate surface area is 149 Å². The second-order valence-corrected chi connectivity index (χ2v) is 6.46. The van der Waals surface area contributed by atoms with E-state index < -0.39 is 0 Å². The van der Waals surface area contributed by atoms with Gasteiger partial charge < -0.3 is 9.64 Å². The highest BCUT2D eigenvalue weighted by Crippen LogP contribution is 2.22. The molecule has 0 spiro atoms. The van der Waals surface area contributed by atoms with Crippen molar-refractivity contribution in [2.45, 2.75) is 18.9 Å². The molecule has 1 aliphatic heterocycles. The SMILES string of the molecule is N#Cc1ccnc(O[C@@H]2CCCN(C(=O)c3ccccc3Br)C2)c1. The number of carbonyl (C=O) groups excluding carboxylic acids is 1. The third kappa shape index (κ3) is 3.74. The van der Waals surface area contributed by atoms with E-state index in [1.54, 1.807) is 18.3 Å². The number of halogens is 1. The van der Waals surface area contributed by atoms with Gasteiger partial charge in [-0.1, -0.05) is 12.1 Å². The average Bonchev–Trinajstić information content (AvgIpc) is 2.62. The molecule has 1 aromatic carbocycles. The molecule has 1 aliphatic rings. The fourth-order valence-corrected chi connectivity index (χ4v) is 3.19. The fraction of sp³-hybridized carbons (Fsp3) is 0.278. The van der Waals surface area contributed by atoms with Crippen molar-refractivity contribution in [3.05, 3.63) is 58.2 Å². The monoisotopic (exact) mass is 385 g/mol. The highest BCUT2D eigenvalue weighted by Gasteiger charge is 2.26. The Morgan fingerprint density at radius 3 is 3.00 bits per heavy atom. The van der Waals surface area contributed by atoms with Gasteiger partial charge in [-0.05, 0) is 47.0 Å². The van der Waals surface area contributed by atoms with Crippen molar-refractivity contribution in [1.82, 2.24) is 9.88 Å². The van der Waals surface area contributed by atoms with Gasteiger partial charge in [0.25, 0.3) is 5.91 Å². The van der Waals surface area contributed by atoms with Crippen LogP contribution >= 0.6 is 15.9 Å². The number of amides is 1. The maximum Gasteiger partial charge on any atom is 0.255 e. The molecule has 0 unspecified atom stereocenters. The Balaban J connectivity index is 1.69. The van der Waals surface area contributed by atoms with Crippen LogP contribution in [0, 0.1) is 11.3 Å². The third-order valence-electron chi connectivity index (χ3n) is 3.92. The maximum atomic E-state index is 12.7. The van der Waals surface area contributed by atoms with Crippen LogP contribution in [-0.4, -0.2) is 35.0 Å². The van der Waals surface area contributed by atoms with Crippen LogP contribution in [0.4, 0.5) is 0 Å². The van der Waals surface area contributed by atoms with Gasteiger partial charge in [-0.3, -0.25) is 4.79 Å². The molecule has 0 saturated carbocycles. The number of ether oxygens (including phenoxy) is 1. The minimum absolute atomic E-state index is 0.00508. The van der Waals surface area contributed by atoms with Crippen LogP contribution in [0.2, 0.25) is 0 Å². The first-order valence-electron chi connectivity index (χ1n) is 7.74. The molecule has 24 heavy (non-hydrogen) atoms. The van der Waals surface area contributed by atoms with Crippen LogP contribution in [0.5, 0.6) is 5.88 Å². The van der Waals surface area contributed by atoms with E-state index in [1.165, 1.54) is 0 Å². The quantitative estimate of drug-likeness (QED) is 0.811. The van der Waals surface area contributed by atoms with Crippen molar-refractivity contribution >= 4 is 21.8 Å². The Morgan fingerprint density at radius 1 is 1.38 bits per heavy atom. The number of nitrogens with zero attached hydrogens (tertiary/aromatic N) is 3. The molecule has 2 heterocycles. The lowest BCUT2D eigenvalue weighted by Gasteiger charge is -2.32. The van der Waals surface area contributed by atoms with Crippen LogP contribution in [-0.2, 0) is 0 Å². The van der Waals surface area contributed by atoms with Crippen molar-refractivity contribution in [3.63, 3.8) is 0 Å². The lowest BCUT2D eigenvalue weighted by molar-refractivity contribution is 0.0527.